The molecular weight excluding hydrogens is 1250 g/mol. The van der Waals surface area contributed by atoms with Gasteiger partial charge in [0.2, 0.25) is 0 Å². The average molecular weight is 1340 g/mol. The molecule has 0 spiro atoms. The third-order valence-corrected chi connectivity index (χ3v) is 14.4. The normalized spacial score (nSPS) is 11.5. The minimum absolute atomic E-state index is 0.0275. The predicted molar refractivity (Wildman–Crippen MR) is 374 cm³/mol. The number of urea groups is 3. The highest BCUT2D eigenvalue weighted by atomic mass is 16.5. The van der Waals surface area contributed by atoms with Gasteiger partial charge in [-0.2, -0.15) is 15.3 Å². The van der Waals surface area contributed by atoms with Crippen molar-refractivity contribution in [3.63, 3.8) is 0 Å². The second kappa shape index (κ2) is 33.0. The van der Waals surface area contributed by atoms with E-state index in [0.29, 0.717) is 145 Å². The van der Waals surface area contributed by atoms with E-state index in [1.165, 1.54) is 18.6 Å². The fourth-order valence-corrected chi connectivity index (χ4v) is 9.61. The first kappa shape index (κ1) is 72.0. The minimum Gasteiger partial charge on any atom is -0.494 e. The van der Waals surface area contributed by atoms with Crippen LogP contribution in [0.2, 0.25) is 0 Å². The molecule has 9 N–H and O–H groups in total. The molecule has 0 atom stereocenters. The Labute approximate surface area is 567 Å². The van der Waals surface area contributed by atoms with Gasteiger partial charge in [0.15, 0.2) is 52.1 Å². The zero-order valence-corrected chi connectivity index (χ0v) is 57.3. The molecule has 10 rings (SSSR count). The first-order valence-electron chi connectivity index (χ1n) is 31.7. The highest BCUT2D eigenvalue weighted by molar-refractivity contribution is 6.05. The van der Waals surface area contributed by atoms with Crippen molar-refractivity contribution in [2.45, 2.75) is 119 Å². The van der Waals surface area contributed by atoms with E-state index in [9.17, 15) is 28.8 Å². The van der Waals surface area contributed by atoms with Crippen LogP contribution in [0.3, 0.4) is 0 Å². The number of nitrogens with zero attached hydrogens (tertiary/aromatic N) is 12. The maximum Gasteiger partial charge on any atom is 0.320 e. The first-order valence-corrected chi connectivity index (χ1v) is 31.7. The molecule has 0 aliphatic heterocycles. The molecule has 1 aliphatic rings. The summed E-state index contributed by atoms with van der Waals surface area (Å²) >= 11 is 0. The summed E-state index contributed by atoms with van der Waals surface area (Å²) < 4.78 is 21.9. The van der Waals surface area contributed by atoms with E-state index >= 15 is 0 Å². The standard InChI is InChI=1S/2C23H29N7O3.C22H25N7O3/c1-7-18(31)15-12-24-19(27-22(32)28-23(2,3)4)11-17(15)26-16-10-8-9-14(20(16)33-6)21-25-13-30(5)29-21;1-6-19(31)16-12-24-20(28-23(32)26-14(3)4)11-18(16)27-17-10-8-9-15(21(17)33-5)22-25-13-30(7-2)29-22;1-4-18(30)15-11-23-19(27-22(31)25-13-8-9-13)10-17(15)26-16-7-5-6-14(20(16)32-3)21-24-12-29(2)28-21/h8-13H,7H2,1-6H3,(H3,24,26,27,28,32);8-14H,6-7H2,1-5H3,(H3,24,26,27,28,32);5-7,10-13H,4,8-9H2,1-3H3,(H3,23,25,26,27,31). The largest absolute Gasteiger partial charge is 0.494 e. The van der Waals surface area contributed by atoms with Crippen LogP contribution in [0.25, 0.3) is 34.2 Å². The van der Waals surface area contributed by atoms with Crippen molar-refractivity contribution in [3.8, 4) is 51.4 Å². The predicted octanol–water partition coefficient (Wildman–Crippen LogP) is 11.9. The molecule has 6 aromatic heterocycles. The van der Waals surface area contributed by atoms with Gasteiger partial charge in [0.05, 0.1) is 88.8 Å². The van der Waals surface area contributed by atoms with Gasteiger partial charge in [-0.25, -0.2) is 44.3 Å². The lowest BCUT2D eigenvalue weighted by Gasteiger charge is -2.21. The van der Waals surface area contributed by atoms with E-state index in [0.717, 1.165) is 12.8 Å². The summed E-state index contributed by atoms with van der Waals surface area (Å²) in [7, 11) is 8.26. The number of carbonyl (C=O) groups is 6. The van der Waals surface area contributed by atoms with Crippen molar-refractivity contribution in [1.29, 1.82) is 0 Å². The number of anilines is 9. The number of methoxy groups -OCH3 is 3. The number of carbonyl (C=O) groups excluding carboxylic acids is 6. The molecule has 3 aromatic carbocycles. The zero-order valence-electron chi connectivity index (χ0n) is 57.3. The van der Waals surface area contributed by atoms with Crippen LogP contribution in [0.15, 0.2) is 110 Å². The number of aromatic nitrogens is 12. The van der Waals surface area contributed by atoms with Crippen LogP contribution in [0.1, 0.15) is 125 Å². The van der Waals surface area contributed by atoms with Gasteiger partial charge >= 0.3 is 18.1 Å². The third-order valence-electron chi connectivity index (χ3n) is 14.4. The molecular formula is C68H83N21O9. The molecule has 0 saturated heterocycles. The van der Waals surface area contributed by atoms with Crippen molar-refractivity contribution in [2.75, 3.05) is 53.2 Å². The van der Waals surface area contributed by atoms with Crippen LogP contribution < -0.4 is 62.1 Å². The Morgan fingerprint density at radius 2 is 0.867 bits per heavy atom. The third kappa shape index (κ3) is 19.2. The molecule has 0 radical (unpaired) electrons. The smallest absolute Gasteiger partial charge is 0.320 e. The van der Waals surface area contributed by atoms with E-state index < -0.39 is 11.6 Å². The summed E-state index contributed by atoms with van der Waals surface area (Å²) in [5.74, 6) is 3.85. The number of pyridine rings is 3. The number of nitrogens with one attached hydrogen (secondary N) is 9. The first-order chi connectivity index (χ1) is 46.9. The molecule has 6 heterocycles. The van der Waals surface area contributed by atoms with Crippen molar-refractivity contribution in [3.05, 3.63) is 127 Å². The lowest BCUT2D eigenvalue weighted by molar-refractivity contribution is 0.0980. The summed E-state index contributed by atoms with van der Waals surface area (Å²) in [6, 6.07) is 20.6. The van der Waals surface area contributed by atoms with Crippen LogP contribution >= 0.6 is 0 Å². The zero-order chi connectivity index (χ0) is 70.8. The lowest BCUT2D eigenvalue weighted by Crippen LogP contribution is -2.43. The van der Waals surface area contributed by atoms with Gasteiger partial charge in [-0.3, -0.25) is 44.4 Å². The van der Waals surface area contributed by atoms with Crippen LogP contribution in [0, 0.1) is 0 Å². The topological polar surface area (TPSA) is 369 Å². The fraction of sp³-hybridized carbons (Fsp3) is 0.338. The highest BCUT2D eigenvalue weighted by Gasteiger charge is 2.26. The van der Waals surface area contributed by atoms with Crippen LogP contribution in [-0.4, -0.2) is 134 Å². The summed E-state index contributed by atoms with van der Waals surface area (Å²) in [5, 5.41) is 39.5. The lowest BCUT2D eigenvalue weighted by atomic mass is 10.1. The number of ether oxygens (including phenoxy) is 3. The average Bonchev–Trinajstić information content (AvgIpc) is 1.07. The number of hydrogen-bond acceptors (Lipinski definition) is 21. The van der Waals surface area contributed by atoms with Gasteiger partial charge in [0.25, 0.3) is 0 Å². The molecule has 30 heteroatoms. The summed E-state index contributed by atoms with van der Waals surface area (Å²) in [5.41, 5.74) is 6.31. The van der Waals surface area contributed by atoms with Crippen molar-refractivity contribution < 1.29 is 43.0 Å². The molecule has 1 fully saturated rings. The Hall–Kier alpha value is -11.9. The Morgan fingerprint density at radius 1 is 0.500 bits per heavy atom. The Bertz CT molecular complexity index is 4320. The number of benzene rings is 3. The van der Waals surface area contributed by atoms with Gasteiger partial charge in [-0.1, -0.05) is 39.0 Å². The SMILES string of the molecule is CCC(=O)c1cnc(NC(=O)NC(C)(C)C)cc1Nc1cccc(-c2ncn(C)n2)c1OC.CCC(=O)c1cnc(NC(=O)NC(C)C)cc1Nc1cccc(-c2ncn(CC)n2)c1OC.CCC(=O)c1cnc(NC(=O)NC2CC2)cc1Nc1cccc(-c2ncn(C)n2)c1OC. The van der Waals surface area contributed by atoms with Crippen LogP contribution in [0.4, 0.5) is 66.0 Å². The number of ketones is 3. The molecule has 98 heavy (non-hydrogen) atoms. The molecule has 6 amide bonds. The van der Waals surface area contributed by atoms with Crippen molar-refractivity contribution in [2.24, 2.45) is 14.1 Å². The molecule has 0 bridgehead atoms. The quantitative estimate of drug-likeness (QED) is 0.0254. The summed E-state index contributed by atoms with van der Waals surface area (Å²) in [4.78, 5) is 99.8. The Balaban J connectivity index is 0.000000188. The van der Waals surface area contributed by atoms with Gasteiger partial charge in [0, 0.05) is 94.3 Å². The van der Waals surface area contributed by atoms with Crippen molar-refractivity contribution in [1.82, 2.24) is 75.2 Å². The second-order valence-corrected chi connectivity index (χ2v) is 23.6. The fourth-order valence-electron chi connectivity index (χ4n) is 9.61. The molecule has 1 saturated carbocycles. The van der Waals surface area contributed by atoms with Crippen molar-refractivity contribution >= 4 is 87.0 Å². The van der Waals surface area contributed by atoms with E-state index in [1.54, 1.807) is 107 Å². The molecule has 514 valence electrons. The van der Waals surface area contributed by atoms with E-state index in [4.69, 9.17) is 14.2 Å². The van der Waals surface area contributed by atoms with E-state index in [1.807, 2.05) is 96.1 Å². The minimum atomic E-state index is -0.406. The van der Waals surface area contributed by atoms with Gasteiger partial charge in [-0.05, 0) is 90.8 Å². The number of amides is 6. The molecule has 0 unspecified atom stereocenters. The summed E-state index contributed by atoms with van der Waals surface area (Å²) in [6.45, 7) is 17.4. The molecule has 1 aliphatic carbocycles. The van der Waals surface area contributed by atoms with Gasteiger partial charge in [0.1, 0.15) is 36.4 Å². The van der Waals surface area contributed by atoms with Crippen LogP contribution in [-0.2, 0) is 20.6 Å². The summed E-state index contributed by atoms with van der Waals surface area (Å²) in [6.07, 6.45) is 12.2. The second-order valence-electron chi connectivity index (χ2n) is 23.6. The molecule has 9 aromatic rings. The van der Waals surface area contributed by atoms with E-state index in [-0.39, 0.29) is 41.5 Å². The monoisotopic (exact) mass is 1340 g/mol. The molecule has 30 nitrogen and oxygen atoms in total. The maximum absolute atomic E-state index is 12.6. The highest BCUT2D eigenvalue weighted by Crippen LogP contribution is 2.41. The number of rotatable bonds is 24. The van der Waals surface area contributed by atoms with Gasteiger partial charge < -0.3 is 46.1 Å². The van der Waals surface area contributed by atoms with E-state index in [2.05, 4.69) is 93.1 Å². The van der Waals surface area contributed by atoms with Crippen LogP contribution in [0.5, 0.6) is 17.2 Å². The Kier molecular flexibility index (Phi) is 24.2. The maximum atomic E-state index is 12.6. The number of hydrogen-bond donors (Lipinski definition) is 9. The number of aryl methyl sites for hydroxylation is 3. The van der Waals surface area contributed by atoms with Gasteiger partial charge in [-0.15, -0.1) is 0 Å². The number of Topliss-reactive ketones (excluding diaryl/α,β-unsaturated/α-hetero) is 3. The number of para-hydroxylation sites is 3. The Morgan fingerprint density at radius 3 is 1.18 bits per heavy atom.